The Balaban J connectivity index is 2.72. The Morgan fingerprint density at radius 3 is 1.06 bits per heavy atom. The van der Waals surface area contributed by atoms with Crippen molar-refractivity contribution < 1.29 is 24.3 Å². The Morgan fingerprint density at radius 2 is 0.818 bits per heavy atom. The van der Waals surface area contributed by atoms with E-state index in [-0.39, 0.29) is 21.7 Å². The van der Waals surface area contributed by atoms with E-state index in [1.807, 2.05) is 0 Å². The van der Waals surface area contributed by atoms with Crippen LogP contribution in [0.5, 0.6) is 11.5 Å². The van der Waals surface area contributed by atoms with E-state index in [2.05, 4.69) is 117 Å². The van der Waals surface area contributed by atoms with Crippen molar-refractivity contribution in [2.24, 2.45) is 0 Å². The number of phenols is 2. The van der Waals surface area contributed by atoms with Crippen LogP contribution < -0.4 is 0 Å². The molecule has 0 amide bonds. The second-order valence-electron chi connectivity index (χ2n) is 13.3. The van der Waals surface area contributed by atoms with Crippen LogP contribution in [-0.2, 0) is 35.7 Å². The van der Waals surface area contributed by atoms with Gasteiger partial charge in [-0.05, 0) is 0 Å². The minimum absolute atomic E-state index is 0.00950. The van der Waals surface area contributed by atoms with Crippen molar-refractivity contribution in [2.75, 3.05) is 0 Å². The summed E-state index contributed by atoms with van der Waals surface area (Å²) in [6.45, 7) is 26.0. The van der Waals surface area contributed by atoms with Gasteiger partial charge in [-0.1, -0.05) is 0 Å². The summed E-state index contributed by atoms with van der Waals surface area (Å²) in [5, 5.41) is 22.2. The summed E-state index contributed by atoms with van der Waals surface area (Å²) in [5.74, 6) is 0.723. The molecule has 2 aromatic carbocycles. The van der Waals surface area contributed by atoms with Crippen molar-refractivity contribution in [2.45, 2.75) is 105 Å². The topological polar surface area (TPSA) is 40.5 Å². The predicted molar refractivity (Wildman–Crippen MR) is 141 cm³/mol. The first-order chi connectivity index (χ1) is 14.7. The SMILES string of the molecule is CC(C)(C)c1cc([CH]=[Mn]=[CH]c2cc(C(C)(C)C)cc(C(C)(C)C)c2O)c(O)c(C(C)(C)C)c1. The van der Waals surface area contributed by atoms with Crippen LogP contribution in [-0.4, -0.2) is 20.1 Å². The fraction of sp³-hybridized carbons (Fsp3) is 0.533. The first-order valence-corrected chi connectivity index (χ1v) is 13.1. The molecule has 33 heavy (non-hydrogen) atoms. The number of rotatable bonds is 2. The summed E-state index contributed by atoms with van der Waals surface area (Å²) < 4.78 is 0. The number of benzene rings is 2. The van der Waals surface area contributed by atoms with E-state index in [0.29, 0.717) is 25.6 Å². The van der Waals surface area contributed by atoms with Crippen molar-refractivity contribution >= 4 is 9.84 Å². The van der Waals surface area contributed by atoms with Crippen molar-refractivity contribution in [3.8, 4) is 11.5 Å². The fourth-order valence-electron chi connectivity index (χ4n) is 3.66. The average molecular weight is 492 g/mol. The van der Waals surface area contributed by atoms with Crippen LogP contribution >= 0.6 is 0 Å². The van der Waals surface area contributed by atoms with Crippen LogP contribution in [0, 0.1) is 0 Å². The molecule has 0 aliphatic rings. The van der Waals surface area contributed by atoms with E-state index in [1.165, 1.54) is 11.1 Å². The molecule has 0 fully saturated rings. The van der Waals surface area contributed by atoms with Crippen LogP contribution in [0.3, 0.4) is 0 Å². The van der Waals surface area contributed by atoms with Crippen LogP contribution in [0.2, 0.25) is 0 Å². The van der Waals surface area contributed by atoms with E-state index in [9.17, 15) is 10.2 Å². The Hall–Kier alpha value is -1.70. The van der Waals surface area contributed by atoms with Gasteiger partial charge in [0.25, 0.3) is 0 Å². The quantitative estimate of drug-likeness (QED) is 0.431. The van der Waals surface area contributed by atoms with Gasteiger partial charge in [-0.15, -0.1) is 0 Å². The van der Waals surface area contributed by atoms with E-state index >= 15 is 0 Å². The zero-order valence-corrected chi connectivity index (χ0v) is 23.9. The van der Waals surface area contributed by atoms with Gasteiger partial charge in [-0.25, -0.2) is 0 Å². The molecule has 2 rings (SSSR count). The van der Waals surface area contributed by atoms with E-state index in [1.54, 1.807) is 0 Å². The summed E-state index contributed by atoms with van der Waals surface area (Å²) >= 11 is 0.293. The molecule has 0 bridgehead atoms. The summed E-state index contributed by atoms with van der Waals surface area (Å²) in [5.41, 5.74) is 5.79. The molecule has 0 radical (unpaired) electrons. The molecule has 0 heterocycles. The fourth-order valence-corrected chi connectivity index (χ4v) is 4.70. The molecule has 0 unspecified atom stereocenters. The first-order valence-electron chi connectivity index (χ1n) is 11.8. The van der Waals surface area contributed by atoms with Crippen molar-refractivity contribution in [3.05, 3.63) is 57.6 Å². The van der Waals surface area contributed by atoms with Gasteiger partial charge in [-0.2, -0.15) is 0 Å². The number of hydrogen-bond acceptors (Lipinski definition) is 2. The molecule has 0 atom stereocenters. The molecule has 0 aliphatic carbocycles. The zero-order valence-electron chi connectivity index (χ0n) is 22.7. The number of aromatic hydroxyl groups is 2. The first kappa shape index (κ1) is 27.5. The van der Waals surface area contributed by atoms with Gasteiger partial charge in [0.2, 0.25) is 0 Å². The predicted octanol–water partition coefficient (Wildman–Crippen LogP) is 7.37. The van der Waals surface area contributed by atoms with Crippen LogP contribution in [0.1, 0.15) is 116 Å². The number of hydrogen-bond donors (Lipinski definition) is 2. The molecule has 2 nitrogen and oxygen atoms in total. The van der Waals surface area contributed by atoms with Crippen LogP contribution in [0.4, 0.5) is 0 Å². The minimum atomic E-state index is -0.151. The molecule has 2 N–H and O–H groups in total. The molecule has 183 valence electrons. The molecular formula is C30H44MnO2. The average Bonchev–Trinajstić information content (AvgIpc) is 2.60. The van der Waals surface area contributed by atoms with E-state index in [0.717, 1.165) is 22.3 Å². The van der Waals surface area contributed by atoms with Gasteiger partial charge < -0.3 is 0 Å². The standard InChI is InChI=1S/2C15H22O.Mn/c2*1-10-8-11(14(2,3)4)9-12(13(10)16)15(5,6)7;/h2*1,8-9,16H,2-7H3;. The maximum atomic E-state index is 11.1. The van der Waals surface area contributed by atoms with Crippen molar-refractivity contribution in [3.63, 3.8) is 0 Å². The molecule has 0 spiro atoms. The molecule has 0 aromatic heterocycles. The molecular weight excluding hydrogens is 447 g/mol. The molecule has 0 aliphatic heterocycles. The van der Waals surface area contributed by atoms with Gasteiger partial charge in [0, 0.05) is 0 Å². The monoisotopic (exact) mass is 491 g/mol. The second-order valence-corrected chi connectivity index (χ2v) is 14.3. The summed E-state index contributed by atoms with van der Waals surface area (Å²) in [6, 6.07) is 8.51. The van der Waals surface area contributed by atoms with E-state index < -0.39 is 0 Å². The molecule has 2 aromatic rings. The van der Waals surface area contributed by atoms with Gasteiger partial charge in [0.05, 0.1) is 0 Å². The summed E-state index contributed by atoms with van der Waals surface area (Å²) in [4.78, 5) is 4.20. The molecule has 0 saturated carbocycles. The van der Waals surface area contributed by atoms with Crippen LogP contribution in [0.15, 0.2) is 24.3 Å². The maximum absolute atomic E-state index is 11.1. The zero-order chi connectivity index (χ0) is 25.6. The normalized spacial score (nSPS) is 13.1. The number of phenolic OH excluding ortho intramolecular Hbond substituents is 2. The van der Waals surface area contributed by atoms with Gasteiger partial charge >= 0.3 is 208 Å². The second kappa shape index (κ2) is 9.16. The third kappa shape index (κ3) is 6.67. The summed E-state index contributed by atoms with van der Waals surface area (Å²) in [6.07, 6.45) is 0. The molecule has 0 saturated heterocycles. The van der Waals surface area contributed by atoms with Crippen molar-refractivity contribution in [1.29, 1.82) is 0 Å². The summed E-state index contributed by atoms with van der Waals surface area (Å²) in [7, 11) is 0. The molecule has 3 heteroatoms. The Morgan fingerprint density at radius 1 is 0.515 bits per heavy atom. The van der Waals surface area contributed by atoms with Gasteiger partial charge in [0.15, 0.2) is 0 Å². The van der Waals surface area contributed by atoms with Crippen LogP contribution in [0.25, 0.3) is 0 Å². The van der Waals surface area contributed by atoms with E-state index in [4.69, 9.17) is 0 Å². The van der Waals surface area contributed by atoms with Gasteiger partial charge in [-0.3, -0.25) is 0 Å². The third-order valence-corrected chi connectivity index (χ3v) is 7.12. The Kier molecular flexibility index (Phi) is 7.64. The Labute approximate surface area is 207 Å². The van der Waals surface area contributed by atoms with Gasteiger partial charge in [0.1, 0.15) is 0 Å². The third-order valence-electron chi connectivity index (χ3n) is 5.99. The Bertz CT molecular complexity index is 1000. The van der Waals surface area contributed by atoms with Crippen molar-refractivity contribution in [1.82, 2.24) is 0 Å².